The van der Waals surface area contributed by atoms with Crippen LogP contribution in [-0.2, 0) is 11.2 Å². The van der Waals surface area contributed by atoms with Gasteiger partial charge in [0.15, 0.2) is 11.5 Å². The molecule has 7 heteroatoms. The second kappa shape index (κ2) is 21.8. The fourth-order valence-electron chi connectivity index (χ4n) is 3.27. The zero-order valence-corrected chi connectivity index (χ0v) is 29.8. The molecule has 1 aromatic heterocycles. The molecule has 0 aliphatic heterocycles. The maximum atomic E-state index is 10.1. The van der Waals surface area contributed by atoms with Crippen LogP contribution in [0.25, 0.3) is 5.70 Å². The molecule has 1 N–H and O–H groups in total. The first-order chi connectivity index (χ1) is 18.3. The number of aryl methyl sites for hydroxylation is 2. The second-order valence-electron chi connectivity index (χ2n) is 8.38. The molecule has 0 aliphatic carbocycles. The minimum Gasteiger partial charge on any atom is -0.493 e. The Labute approximate surface area is 265 Å². The monoisotopic (exact) mass is 769 g/mol. The molecule has 0 unspecified atom stereocenters. The SMILES string of the molecule is C=CC.CCC(C)=C/C=C(/c1ccc(OC)c(OC)c1)n1nc(NC)cc1C.CCc1ccc([C-]=O)cc1.[CH3-].[U+2]. The molecule has 3 aromatic rings. The van der Waals surface area contributed by atoms with Crippen LogP contribution >= 0.6 is 0 Å². The van der Waals surface area contributed by atoms with Gasteiger partial charge in [0, 0.05) is 24.4 Å². The molecule has 6 nitrogen and oxygen atoms in total. The maximum Gasteiger partial charge on any atom is 2.00 e. The number of hydrogen-bond donors (Lipinski definition) is 1. The van der Waals surface area contributed by atoms with E-state index in [0.717, 1.165) is 35.6 Å². The Hall–Kier alpha value is -3.01. The standard InChI is InChI=1S/C20H27N3O2.C9H9O.C3H6.CH3.U/c1-7-14(2)8-10-17(23-15(3)12-20(21-4)22-23)16-9-11-18(24-5)19(13-16)25-6;1-2-8-3-5-9(7-10)6-4-8;1-3-2;;/h8-13H,7H2,1-6H3,(H,21,22);3-6H,2H2,1H3;3H,1H2,2H3;1H3;/q;-1;;-1;+2/b14-8?,17-10-;;;;. The average molecular weight is 770 g/mol. The van der Waals surface area contributed by atoms with Crippen molar-refractivity contribution in [3.8, 4) is 11.5 Å². The van der Waals surface area contributed by atoms with Gasteiger partial charge in [-0.2, -0.15) is 22.8 Å². The zero-order chi connectivity index (χ0) is 28.5. The number of nitrogens with zero attached hydrogens (tertiary/aromatic N) is 2. The van der Waals surface area contributed by atoms with E-state index < -0.39 is 0 Å². The summed E-state index contributed by atoms with van der Waals surface area (Å²) in [6.45, 7) is 13.6. The summed E-state index contributed by atoms with van der Waals surface area (Å²) in [5, 5.41) is 7.73. The van der Waals surface area contributed by atoms with Gasteiger partial charge < -0.3 is 27.0 Å². The van der Waals surface area contributed by atoms with Crippen molar-refractivity contribution < 1.29 is 45.4 Å². The fraction of sp³-hybridized carbons (Fsp3) is 0.303. The zero-order valence-electron chi connectivity index (χ0n) is 25.6. The van der Waals surface area contributed by atoms with Crippen molar-refractivity contribution >= 4 is 17.8 Å². The van der Waals surface area contributed by atoms with Crippen LogP contribution in [0.2, 0.25) is 0 Å². The number of benzene rings is 2. The molecule has 0 atom stereocenters. The van der Waals surface area contributed by atoms with Crippen molar-refractivity contribution in [1.29, 1.82) is 0 Å². The number of hydrogen-bond acceptors (Lipinski definition) is 5. The predicted molar refractivity (Wildman–Crippen MR) is 166 cm³/mol. The summed E-state index contributed by atoms with van der Waals surface area (Å²) in [4.78, 5) is 10.1. The summed E-state index contributed by atoms with van der Waals surface area (Å²) in [5.74, 6) is 2.24. The number of carbonyl (C=O) groups excluding carboxylic acids is 1. The van der Waals surface area contributed by atoms with Gasteiger partial charge in [-0.05, 0) is 57.9 Å². The minimum absolute atomic E-state index is 0. The number of allylic oxidation sites excluding steroid dienone is 4. The number of ether oxygens (including phenoxy) is 2. The molecule has 0 amide bonds. The van der Waals surface area contributed by atoms with Crippen molar-refractivity contribution in [2.45, 2.75) is 47.5 Å². The number of nitrogens with one attached hydrogen (secondary N) is 1. The molecule has 0 saturated heterocycles. The molecule has 0 aliphatic rings. The third kappa shape index (κ3) is 12.4. The predicted octanol–water partition coefficient (Wildman–Crippen LogP) is 7.85. The van der Waals surface area contributed by atoms with Crippen molar-refractivity contribution in [1.82, 2.24) is 9.78 Å². The van der Waals surface area contributed by atoms with E-state index in [4.69, 9.17) is 9.47 Å². The first-order valence-electron chi connectivity index (χ1n) is 12.7. The van der Waals surface area contributed by atoms with E-state index in [0.29, 0.717) is 17.1 Å². The van der Waals surface area contributed by atoms with Gasteiger partial charge in [-0.25, -0.2) is 4.68 Å². The van der Waals surface area contributed by atoms with Crippen molar-refractivity contribution in [3.05, 3.63) is 109 Å². The van der Waals surface area contributed by atoms with E-state index in [2.05, 4.69) is 49.9 Å². The van der Waals surface area contributed by atoms with Crippen LogP contribution in [0.1, 0.15) is 56.5 Å². The van der Waals surface area contributed by atoms with E-state index in [1.807, 2.05) is 68.3 Å². The molecule has 0 fully saturated rings. The van der Waals surface area contributed by atoms with Gasteiger partial charge in [-0.1, -0.05) is 37.1 Å². The smallest absolute Gasteiger partial charge is 0.493 e. The molecule has 0 radical (unpaired) electrons. The molecule has 0 saturated carbocycles. The third-order valence-corrected chi connectivity index (χ3v) is 5.61. The van der Waals surface area contributed by atoms with Gasteiger partial charge in [-0.3, -0.25) is 0 Å². The largest absolute Gasteiger partial charge is 2.00 e. The van der Waals surface area contributed by atoms with Gasteiger partial charge in [-0.15, -0.1) is 18.7 Å². The Morgan fingerprint density at radius 3 is 2.10 bits per heavy atom. The second-order valence-corrected chi connectivity index (χ2v) is 8.38. The van der Waals surface area contributed by atoms with Gasteiger partial charge >= 0.3 is 31.1 Å². The third-order valence-electron chi connectivity index (χ3n) is 5.61. The molecule has 1 heterocycles. The van der Waals surface area contributed by atoms with Crippen molar-refractivity contribution in [3.63, 3.8) is 0 Å². The molecule has 0 spiro atoms. The summed E-state index contributed by atoms with van der Waals surface area (Å²) in [6, 6.07) is 15.4. The van der Waals surface area contributed by atoms with Crippen LogP contribution in [-0.4, -0.2) is 37.3 Å². The van der Waals surface area contributed by atoms with Crippen LogP contribution in [0.5, 0.6) is 11.5 Å². The molecular weight excluding hydrogens is 724 g/mol. The number of aromatic nitrogens is 2. The van der Waals surface area contributed by atoms with Crippen LogP contribution in [0.15, 0.2) is 78.9 Å². The number of anilines is 1. The Morgan fingerprint density at radius 2 is 1.65 bits per heavy atom. The maximum absolute atomic E-state index is 10.1. The van der Waals surface area contributed by atoms with Crippen molar-refractivity contribution in [2.24, 2.45) is 0 Å². The number of rotatable bonds is 9. The average Bonchev–Trinajstić information content (AvgIpc) is 3.33. The molecule has 40 heavy (non-hydrogen) atoms. The van der Waals surface area contributed by atoms with Crippen LogP contribution < -0.4 is 14.8 Å². The van der Waals surface area contributed by atoms with Crippen molar-refractivity contribution in [2.75, 3.05) is 26.6 Å². The summed E-state index contributed by atoms with van der Waals surface area (Å²) >= 11 is 0. The molecule has 0 bridgehead atoms. The number of methoxy groups -OCH3 is 2. The Bertz CT molecular complexity index is 1210. The Kier molecular flexibility index (Phi) is 21.3. The van der Waals surface area contributed by atoms with Gasteiger partial charge in [0.05, 0.1) is 26.2 Å². The normalized spacial score (nSPS) is 10.3. The molecule has 2 aromatic carbocycles. The summed E-state index contributed by atoms with van der Waals surface area (Å²) in [6.07, 6.45) is 9.83. The van der Waals surface area contributed by atoms with E-state index in [9.17, 15) is 4.79 Å². The quantitative estimate of drug-likeness (QED) is 0.137. The van der Waals surface area contributed by atoms with E-state index in [1.54, 1.807) is 32.4 Å². The first kappa shape index (κ1) is 39.1. The van der Waals surface area contributed by atoms with Crippen LogP contribution in [0.3, 0.4) is 0 Å². The van der Waals surface area contributed by atoms with E-state index >= 15 is 0 Å². The van der Waals surface area contributed by atoms with E-state index in [-0.39, 0.29) is 38.5 Å². The van der Waals surface area contributed by atoms with Gasteiger partial charge in [0.1, 0.15) is 5.82 Å². The summed E-state index contributed by atoms with van der Waals surface area (Å²) in [5.41, 5.74) is 6.21. The van der Waals surface area contributed by atoms with Crippen LogP contribution in [0, 0.1) is 45.5 Å². The van der Waals surface area contributed by atoms with E-state index in [1.165, 1.54) is 11.1 Å². The fourth-order valence-corrected chi connectivity index (χ4v) is 3.27. The summed E-state index contributed by atoms with van der Waals surface area (Å²) < 4.78 is 12.7. The van der Waals surface area contributed by atoms with Gasteiger partial charge in [0.25, 0.3) is 0 Å². The first-order valence-corrected chi connectivity index (χ1v) is 12.7. The Morgan fingerprint density at radius 1 is 1.05 bits per heavy atom. The molecule has 3 rings (SSSR count). The topological polar surface area (TPSA) is 65.4 Å². The molecule has 214 valence electrons. The Balaban J connectivity index is 0. The minimum atomic E-state index is 0. The van der Waals surface area contributed by atoms with Crippen LogP contribution in [0.4, 0.5) is 5.82 Å². The van der Waals surface area contributed by atoms with Gasteiger partial charge in [0.2, 0.25) is 0 Å². The molecular formula is C33H45N3O3U. The summed E-state index contributed by atoms with van der Waals surface area (Å²) in [7, 11) is 5.15.